The molecule has 3 rings (SSSR count). The van der Waals surface area contributed by atoms with Crippen LogP contribution in [0, 0.1) is 0 Å². The number of fused-ring (bicyclic) bond motifs is 3. The standard InChI is InChI=1S/C17H23N5O/c1-4-5-6-13-20-15-12(22(13)10-17(2,3)23)8-7-11-9-19-16(18)21-14(11)15/h7-9,23H,4-6,10H2,1-3H3,(H2,18,19,21). The summed E-state index contributed by atoms with van der Waals surface area (Å²) in [6, 6.07) is 3.99. The van der Waals surface area contributed by atoms with Crippen LogP contribution in [0.25, 0.3) is 21.9 Å². The van der Waals surface area contributed by atoms with Gasteiger partial charge in [0, 0.05) is 18.0 Å². The third-order valence-corrected chi connectivity index (χ3v) is 3.87. The van der Waals surface area contributed by atoms with Crippen LogP contribution in [0.4, 0.5) is 5.95 Å². The Labute approximate surface area is 135 Å². The van der Waals surface area contributed by atoms with Crippen molar-refractivity contribution in [2.75, 3.05) is 5.73 Å². The number of nitrogens with two attached hydrogens (primary N) is 1. The van der Waals surface area contributed by atoms with Gasteiger partial charge < -0.3 is 15.4 Å². The molecule has 0 spiro atoms. The van der Waals surface area contributed by atoms with E-state index in [9.17, 15) is 5.11 Å². The molecule has 3 N–H and O–H groups in total. The van der Waals surface area contributed by atoms with Gasteiger partial charge in [-0.25, -0.2) is 15.0 Å². The van der Waals surface area contributed by atoms with Crippen molar-refractivity contribution in [1.82, 2.24) is 19.5 Å². The fourth-order valence-electron chi connectivity index (χ4n) is 2.83. The fourth-order valence-corrected chi connectivity index (χ4v) is 2.83. The summed E-state index contributed by atoms with van der Waals surface area (Å²) >= 11 is 0. The summed E-state index contributed by atoms with van der Waals surface area (Å²) in [5, 5.41) is 11.2. The van der Waals surface area contributed by atoms with Crippen LogP contribution in [0.15, 0.2) is 18.3 Å². The average Bonchev–Trinajstić information content (AvgIpc) is 2.81. The van der Waals surface area contributed by atoms with Gasteiger partial charge in [-0.15, -0.1) is 0 Å². The molecule has 122 valence electrons. The molecule has 1 aromatic carbocycles. The van der Waals surface area contributed by atoms with E-state index in [2.05, 4.69) is 21.5 Å². The number of imidazole rings is 1. The minimum Gasteiger partial charge on any atom is -0.389 e. The molecule has 2 heterocycles. The molecule has 0 radical (unpaired) electrons. The molecule has 3 aromatic rings. The van der Waals surface area contributed by atoms with Gasteiger partial charge in [-0.3, -0.25) is 0 Å². The molecule has 0 atom stereocenters. The Balaban J connectivity index is 2.24. The number of anilines is 1. The molecule has 0 aliphatic heterocycles. The molecule has 0 aliphatic carbocycles. The van der Waals surface area contributed by atoms with E-state index in [-0.39, 0.29) is 5.95 Å². The van der Waals surface area contributed by atoms with Gasteiger partial charge in [0.15, 0.2) is 0 Å². The highest BCUT2D eigenvalue weighted by Gasteiger charge is 2.20. The zero-order valence-electron chi connectivity index (χ0n) is 13.9. The SMILES string of the molecule is CCCCc1nc2c3nc(N)ncc3ccc2n1CC(C)(C)O. The molecule has 0 saturated carbocycles. The molecule has 0 aliphatic rings. The van der Waals surface area contributed by atoms with Crippen LogP contribution in [0.1, 0.15) is 39.4 Å². The van der Waals surface area contributed by atoms with Crippen molar-refractivity contribution in [2.45, 2.75) is 52.2 Å². The minimum absolute atomic E-state index is 0.247. The van der Waals surface area contributed by atoms with E-state index in [1.165, 1.54) is 0 Å². The van der Waals surface area contributed by atoms with Crippen molar-refractivity contribution < 1.29 is 5.11 Å². The Bertz CT molecular complexity index is 847. The lowest BCUT2D eigenvalue weighted by molar-refractivity contribution is 0.0618. The Hall–Kier alpha value is -2.21. The van der Waals surface area contributed by atoms with Crippen molar-refractivity contribution in [2.24, 2.45) is 0 Å². The van der Waals surface area contributed by atoms with Crippen molar-refractivity contribution >= 4 is 27.9 Å². The van der Waals surface area contributed by atoms with Crippen LogP contribution >= 0.6 is 0 Å². The summed E-state index contributed by atoms with van der Waals surface area (Å²) < 4.78 is 2.10. The zero-order chi connectivity index (χ0) is 16.6. The Kier molecular flexibility index (Phi) is 3.93. The second kappa shape index (κ2) is 5.77. The maximum Gasteiger partial charge on any atom is 0.220 e. The lowest BCUT2D eigenvalue weighted by Gasteiger charge is -2.20. The maximum absolute atomic E-state index is 10.3. The van der Waals surface area contributed by atoms with Crippen molar-refractivity contribution in [3.05, 3.63) is 24.2 Å². The van der Waals surface area contributed by atoms with Crippen LogP contribution in [0.3, 0.4) is 0 Å². The van der Waals surface area contributed by atoms with E-state index in [4.69, 9.17) is 10.7 Å². The normalized spacial score (nSPS) is 12.3. The molecular weight excluding hydrogens is 290 g/mol. The lowest BCUT2D eigenvalue weighted by Crippen LogP contribution is -2.27. The molecule has 0 bridgehead atoms. The first-order valence-electron chi connectivity index (χ1n) is 8.02. The van der Waals surface area contributed by atoms with E-state index in [0.717, 1.165) is 47.0 Å². The highest BCUT2D eigenvalue weighted by atomic mass is 16.3. The summed E-state index contributed by atoms with van der Waals surface area (Å²) in [5.74, 6) is 1.23. The monoisotopic (exact) mass is 313 g/mol. The third-order valence-electron chi connectivity index (χ3n) is 3.87. The molecule has 23 heavy (non-hydrogen) atoms. The Morgan fingerprint density at radius 2 is 2.00 bits per heavy atom. The molecular formula is C17H23N5O. The van der Waals surface area contributed by atoms with Crippen LogP contribution in [-0.2, 0) is 13.0 Å². The van der Waals surface area contributed by atoms with E-state index in [1.54, 1.807) is 6.20 Å². The number of unbranched alkanes of at least 4 members (excludes halogenated alkanes) is 1. The fraction of sp³-hybridized carbons (Fsp3) is 0.471. The first-order valence-corrected chi connectivity index (χ1v) is 8.02. The van der Waals surface area contributed by atoms with Gasteiger partial charge in [-0.2, -0.15) is 0 Å². The van der Waals surface area contributed by atoms with Crippen molar-refractivity contribution in [1.29, 1.82) is 0 Å². The van der Waals surface area contributed by atoms with E-state index >= 15 is 0 Å². The van der Waals surface area contributed by atoms with Gasteiger partial charge in [0.25, 0.3) is 0 Å². The molecule has 0 amide bonds. The van der Waals surface area contributed by atoms with Crippen molar-refractivity contribution in [3.8, 4) is 0 Å². The summed E-state index contributed by atoms with van der Waals surface area (Å²) in [7, 11) is 0. The van der Waals surface area contributed by atoms with Gasteiger partial charge in [0.1, 0.15) is 16.9 Å². The second-order valence-corrected chi connectivity index (χ2v) is 6.63. The van der Waals surface area contributed by atoms with Crippen LogP contribution < -0.4 is 5.73 Å². The van der Waals surface area contributed by atoms with Gasteiger partial charge in [-0.05, 0) is 32.4 Å². The van der Waals surface area contributed by atoms with Crippen LogP contribution in [-0.4, -0.2) is 30.2 Å². The van der Waals surface area contributed by atoms with Gasteiger partial charge in [0.2, 0.25) is 5.95 Å². The average molecular weight is 313 g/mol. The van der Waals surface area contributed by atoms with Crippen LogP contribution in [0.5, 0.6) is 0 Å². The van der Waals surface area contributed by atoms with Crippen molar-refractivity contribution in [3.63, 3.8) is 0 Å². The summed E-state index contributed by atoms with van der Waals surface area (Å²) in [6.45, 7) is 6.27. The maximum atomic E-state index is 10.3. The topological polar surface area (TPSA) is 89.9 Å². The molecule has 2 aromatic heterocycles. The van der Waals surface area contributed by atoms with Gasteiger partial charge in [-0.1, -0.05) is 13.3 Å². The Morgan fingerprint density at radius 1 is 1.22 bits per heavy atom. The number of aryl methyl sites for hydroxylation is 1. The summed E-state index contributed by atoms with van der Waals surface area (Å²) in [6.07, 6.45) is 4.76. The lowest BCUT2D eigenvalue weighted by atomic mass is 10.1. The number of rotatable bonds is 5. The number of hydrogen-bond donors (Lipinski definition) is 2. The number of nitrogen functional groups attached to an aromatic ring is 1. The molecule has 0 saturated heterocycles. The quantitative estimate of drug-likeness (QED) is 0.756. The number of benzene rings is 1. The predicted molar refractivity (Wildman–Crippen MR) is 92.2 cm³/mol. The van der Waals surface area contributed by atoms with E-state index in [1.807, 2.05) is 26.0 Å². The first-order chi connectivity index (χ1) is 10.9. The minimum atomic E-state index is -0.811. The number of aromatic nitrogens is 4. The molecule has 6 heteroatoms. The zero-order valence-corrected chi connectivity index (χ0v) is 13.9. The number of nitrogens with zero attached hydrogens (tertiary/aromatic N) is 4. The highest BCUT2D eigenvalue weighted by molar-refractivity contribution is 6.01. The Morgan fingerprint density at radius 3 is 2.70 bits per heavy atom. The number of aliphatic hydroxyl groups is 1. The van der Waals surface area contributed by atoms with E-state index < -0.39 is 5.60 Å². The van der Waals surface area contributed by atoms with Crippen LogP contribution in [0.2, 0.25) is 0 Å². The largest absolute Gasteiger partial charge is 0.389 e. The molecule has 0 fully saturated rings. The van der Waals surface area contributed by atoms with E-state index in [0.29, 0.717) is 6.54 Å². The molecule has 0 unspecified atom stereocenters. The third kappa shape index (κ3) is 3.12. The smallest absolute Gasteiger partial charge is 0.220 e. The van der Waals surface area contributed by atoms with Gasteiger partial charge >= 0.3 is 0 Å². The summed E-state index contributed by atoms with van der Waals surface area (Å²) in [4.78, 5) is 13.2. The first kappa shape index (κ1) is 15.7. The number of hydrogen-bond acceptors (Lipinski definition) is 5. The highest BCUT2D eigenvalue weighted by Crippen LogP contribution is 2.26. The predicted octanol–water partition coefficient (Wildman–Crippen LogP) is 2.68. The van der Waals surface area contributed by atoms with Gasteiger partial charge in [0.05, 0.1) is 17.7 Å². The summed E-state index contributed by atoms with van der Waals surface area (Å²) in [5.41, 5.74) is 7.50. The molecule has 6 nitrogen and oxygen atoms in total. The second-order valence-electron chi connectivity index (χ2n) is 6.63.